The number of methoxy groups -OCH3 is 1. The first-order valence-corrected chi connectivity index (χ1v) is 9.07. The van der Waals surface area contributed by atoms with Gasteiger partial charge in [-0.15, -0.1) is 11.3 Å². The van der Waals surface area contributed by atoms with Crippen LogP contribution in [0.25, 0.3) is 0 Å². The number of aryl methyl sites for hydroxylation is 1. The highest BCUT2D eigenvalue weighted by atomic mass is 32.1. The molecule has 0 radical (unpaired) electrons. The van der Waals surface area contributed by atoms with Gasteiger partial charge in [-0.05, 0) is 55.5 Å². The highest BCUT2D eigenvalue weighted by Gasteiger charge is 2.09. The molecule has 0 aliphatic carbocycles. The third kappa shape index (κ3) is 4.92. The molecule has 0 aliphatic heterocycles. The molecule has 1 aromatic heterocycles. The zero-order valence-electron chi connectivity index (χ0n) is 14.9. The third-order valence-corrected chi connectivity index (χ3v) is 4.56. The molecule has 27 heavy (non-hydrogen) atoms. The van der Waals surface area contributed by atoms with E-state index in [0.29, 0.717) is 29.2 Å². The number of nitrogens with one attached hydrogen (secondary N) is 1. The average Bonchev–Trinajstić information content (AvgIpc) is 3.12. The maximum atomic E-state index is 12.3. The van der Waals surface area contributed by atoms with Gasteiger partial charge < -0.3 is 14.8 Å². The molecular weight excluding hydrogens is 364 g/mol. The Kier molecular flexibility index (Phi) is 5.83. The summed E-state index contributed by atoms with van der Waals surface area (Å²) in [5.74, 6) is -0.00148. The Bertz CT molecular complexity index is 933. The van der Waals surface area contributed by atoms with E-state index in [-0.39, 0.29) is 5.91 Å². The van der Waals surface area contributed by atoms with Crippen LogP contribution in [0.3, 0.4) is 0 Å². The maximum absolute atomic E-state index is 12.3. The van der Waals surface area contributed by atoms with Gasteiger partial charge in [-0.3, -0.25) is 4.79 Å². The number of nitrogens with zero attached hydrogens (tertiary/aromatic N) is 1. The summed E-state index contributed by atoms with van der Waals surface area (Å²) < 4.78 is 10.3. The molecule has 0 bridgehead atoms. The van der Waals surface area contributed by atoms with E-state index in [1.807, 2.05) is 12.3 Å². The van der Waals surface area contributed by atoms with Crippen molar-refractivity contribution in [3.63, 3.8) is 0 Å². The molecule has 0 fully saturated rings. The summed E-state index contributed by atoms with van der Waals surface area (Å²) in [4.78, 5) is 28.1. The molecule has 6 nitrogen and oxygen atoms in total. The number of aromatic nitrogens is 1. The van der Waals surface area contributed by atoms with E-state index in [4.69, 9.17) is 4.74 Å². The van der Waals surface area contributed by atoms with Crippen LogP contribution < -0.4 is 10.1 Å². The molecule has 0 atom stereocenters. The fraction of sp³-hybridized carbons (Fsp3) is 0.150. The quantitative estimate of drug-likeness (QED) is 0.650. The largest absolute Gasteiger partial charge is 0.487 e. The number of benzene rings is 2. The molecule has 7 heteroatoms. The Labute approximate surface area is 160 Å². The Morgan fingerprint density at radius 3 is 2.30 bits per heavy atom. The topological polar surface area (TPSA) is 77.5 Å². The van der Waals surface area contributed by atoms with Crippen LogP contribution in [0.5, 0.6) is 5.75 Å². The summed E-state index contributed by atoms with van der Waals surface area (Å²) >= 11 is 1.58. The lowest BCUT2D eigenvalue weighted by molar-refractivity contribution is 0.0600. The summed E-state index contributed by atoms with van der Waals surface area (Å²) in [6.07, 6.45) is 0. The Morgan fingerprint density at radius 2 is 1.70 bits per heavy atom. The highest BCUT2D eigenvalue weighted by Crippen LogP contribution is 2.17. The first kappa shape index (κ1) is 18.6. The average molecular weight is 382 g/mol. The lowest BCUT2D eigenvalue weighted by atomic mass is 10.1. The molecule has 0 saturated carbocycles. The summed E-state index contributed by atoms with van der Waals surface area (Å²) in [5, 5.41) is 5.74. The van der Waals surface area contributed by atoms with Gasteiger partial charge in [0.2, 0.25) is 0 Å². The van der Waals surface area contributed by atoms with Crippen LogP contribution in [0.1, 0.15) is 31.4 Å². The number of thiazole rings is 1. The summed E-state index contributed by atoms with van der Waals surface area (Å²) in [6, 6.07) is 13.4. The SMILES string of the molecule is COC(=O)c1ccc(NC(=O)c2ccc(OCc3csc(C)n3)cc2)cc1. The second-order valence-corrected chi connectivity index (χ2v) is 6.76. The van der Waals surface area contributed by atoms with Crippen molar-refractivity contribution in [2.24, 2.45) is 0 Å². The Balaban J connectivity index is 1.57. The number of esters is 1. The minimum Gasteiger partial charge on any atom is -0.487 e. The number of ether oxygens (including phenoxy) is 2. The van der Waals surface area contributed by atoms with Crippen molar-refractivity contribution in [1.82, 2.24) is 4.98 Å². The van der Waals surface area contributed by atoms with Crippen LogP contribution in [0.15, 0.2) is 53.9 Å². The number of amides is 1. The smallest absolute Gasteiger partial charge is 0.337 e. The molecule has 1 heterocycles. The molecule has 3 aromatic rings. The maximum Gasteiger partial charge on any atom is 0.337 e. The number of carbonyl (C=O) groups is 2. The van der Waals surface area contributed by atoms with Gasteiger partial charge in [0.1, 0.15) is 12.4 Å². The zero-order valence-corrected chi connectivity index (χ0v) is 15.7. The molecular formula is C20H18N2O4S. The molecule has 1 amide bonds. The third-order valence-electron chi connectivity index (χ3n) is 3.73. The van der Waals surface area contributed by atoms with Crippen molar-refractivity contribution < 1.29 is 19.1 Å². The van der Waals surface area contributed by atoms with Crippen molar-refractivity contribution >= 4 is 28.9 Å². The van der Waals surface area contributed by atoms with E-state index in [1.54, 1.807) is 59.9 Å². The molecule has 2 aromatic carbocycles. The van der Waals surface area contributed by atoms with Crippen LogP contribution in [0, 0.1) is 6.92 Å². The standard InChI is InChI=1S/C20H18N2O4S/c1-13-21-17(12-27-13)11-26-18-9-5-14(6-10-18)19(23)22-16-7-3-15(4-8-16)20(24)25-2/h3-10,12H,11H2,1-2H3,(H,22,23). The van der Waals surface area contributed by atoms with E-state index < -0.39 is 5.97 Å². The number of hydrogen-bond acceptors (Lipinski definition) is 6. The van der Waals surface area contributed by atoms with Gasteiger partial charge in [0.25, 0.3) is 5.91 Å². The Morgan fingerprint density at radius 1 is 1.04 bits per heavy atom. The monoisotopic (exact) mass is 382 g/mol. The second kappa shape index (κ2) is 8.46. The molecule has 1 N–H and O–H groups in total. The van der Waals surface area contributed by atoms with Crippen molar-refractivity contribution in [2.75, 3.05) is 12.4 Å². The molecule has 0 saturated heterocycles. The van der Waals surface area contributed by atoms with E-state index in [2.05, 4.69) is 15.0 Å². The van der Waals surface area contributed by atoms with E-state index in [0.717, 1.165) is 10.7 Å². The minimum atomic E-state index is -0.420. The fourth-order valence-corrected chi connectivity index (χ4v) is 2.94. The van der Waals surface area contributed by atoms with Crippen molar-refractivity contribution in [3.8, 4) is 5.75 Å². The molecule has 138 valence electrons. The van der Waals surface area contributed by atoms with Crippen LogP contribution in [0.4, 0.5) is 5.69 Å². The summed E-state index contributed by atoms with van der Waals surface area (Å²) in [6.45, 7) is 2.34. The second-order valence-electron chi connectivity index (χ2n) is 5.69. The van der Waals surface area contributed by atoms with Gasteiger partial charge in [-0.1, -0.05) is 0 Å². The normalized spacial score (nSPS) is 10.3. The first-order chi connectivity index (χ1) is 13.0. The van der Waals surface area contributed by atoms with Crippen LogP contribution in [-0.2, 0) is 11.3 Å². The predicted octanol–water partition coefficient (Wildman–Crippen LogP) is 4.07. The molecule has 0 spiro atoms. The van der Waals surface area contributed by atoms with Gasteiger partial charge >= 0.3 is 5.97 Å². The summed E-state index contributed by atoms with van der Waals surface area (Å²) in [7, 11) is 1.32. The number of rotatable bonds is 6. The van der Waals surface area contributed by atoms with E-state index in [1.165, 1.54) is 7.11 Å². The van der Waals surface area contributed by atoms with E-state index in [9.17, 15) is 9.59 Å². The van der Waals surface area contributed by atoms with Gasteiger partial charge in [-0.25, -0.2) is 9.78 Å². The van der Waals surface area contributed by atoms with Crippen molar-refractivity contribution in [2.45, 2.75) is 13.5 Å². The molecule has 0 aliphatic rings. The number of anilines is 1. The van der Waals surface area contributed by atoms with Gasteiger partial charge in [-0.2, -0.15) is 0 Å². The van der Waals surface area contributed by atoms with Gasteiger partial charge in [0.05, 0.1) is 23.4 Å². The highest BCUT2D eigenvalue weighted by molar-refractivity contribution is 7.09. The molecule has 0 unspecified atom stereocenters. The minimum absolute atomic E-state index is 0.248. The zero-order chi connectivity index (χ0) is 19.2. The number of carbonyl (C=O) groups excluding carboxylic acids is 2. The van der Waals surface area contributed by atoms with Crippen molar-refractivity contribution in [1.29, 1.82) is 0 Å². The van der Waals surface area contributed by atoms with Crippen LogP contribution in [0.2, 0.25) is 0 Å². The van der Waals surface area contributed by atoms with Gasteiger partial charge in [0.15, 0.2) is 0 Å². The van der Waals surface area contributed by atoms with Crippen LogP contribution >= 0.6 is 11.3 Å². The fourth-order valence-electron chi connectivity index (χ4n) is 2.35. The predicted molar refractivity (Wildman–Crippen MR) is 103 cm³/mol. The first-order valence-electron chi connectivity index (χ1n) is 8.19. The lowest BCUT2D eigenvalue weighted by Gasteiger charge is -2.08. The van der Waals surface area contributed by atoms with E-state index >= 15 is 0 Å². The van der Waals surface area contributed by atoms with Crippen LogP contribution in [-0.4, -0.2) is 24.0 Å². The lowest BCUT2D eigenvalue weighted by Crippen LogP contribution is -2.12. The molecule has 3 rings (SSSR count). The van der Waals surface area contributed by atoms with Gasteiger partial charge in [0, 0.05) is 16.6 Å². The number of hydrogen-bond donors (Lipinski definition) is 1. The summed E-state index contributed by atoms with van der Waals surface area (Å²) in [5.41, 5.74) is 2.40. The van der Waals surface area contributed by atoms with Crippen molar-refractivity contribution in [3.05, 3.63) is 75.7 Å². The Hall–Kier alpha value is -3.19.